The number of H-pyrrole nitrogens is 1. The Hall–Kier alpha value is -1.82. The topological polar surface area (TPSA) is 66.1 Å². The van der Waals surface area contributed by atoms with E-state index in [2.05, 4.69) is 23.1 Å². The summed E-state index contributed by atoms with van der Waals surface area (Å²) in [6.45, 7) is 10.2. The zero-order chi connectivity index (χ0) is 15.7. The molecule has 0 bridgehead atoms. The molecule has 0 aromatic carbocycles. The molecular formula is C15H21N3O2S. The van der Waals surface area contributed by atoms with Gasteiger partial charge >= 0.3 is 0 Å². The maximum atomic E-state index is 12.1. The Balaban J connectivity index is 2.69. The second kappa shape index (κ2) is 9.18. The molecule has 0 aliphatic rings. The van der Waals surface area contributed by atoms with E-state index in [-0.39, 0.29) is 17.2 Å². The van der Waals surface area contributed by atoms with Crippen LogP contribution in [0.1, 0.15) is 19.0 Å². The monoisotopic (exact) mass is 307 g/mol. The summed E-state index contributed by atoms with van der Waals surface area (Å²) in [5, 5.41) is 0.483. The average Bonchev–Trinajstić information content (AvgIpc) is 2.44. The van der Waals surface area contributed by atoms with Gasteiger partial charge in [-0.3, -0.25) is 9.59 Å². The average molecular weight is 307 g/mol. The number of hydrogen-bond acceptors (Lipinski definition) is 4. The lowest BCUT2D eigenvalue weighted by atomic mass is 10.2. The molecule has 1 N–H and O–H groups in total. The highest BCUT2D eigenvalue weighted by Gasteiger charge is 2.12. The van der Waals surface area contributed by atoms with Gasteiger partial charge in [0.15, 0.2) is 5.16 Å². The minimum atomic E-state index is -0.183. The fourth-order valence-electron chi connectivity index (χ4n) is 1.75. The van der Waals surface area contributed by atoms with Crippen LogP contribution in [-0.2, 0) is 11.2 Å². The first-order chi connectivity index (χ1) is 10.1. The molecule has 0 aliphatic heterocycles. The van der Waals surface area contributed by atoms with Crippen LogP contribution in [0.2, 0.25) is 0 Å². The molecule has 0 radical (unpaired) electrons. The molecule has 0 aliphatic carbocycles. The molecule has 21 heavy (non-hydrogen) atoms. The Kier molecular flexibility index (Phi) is 7.53. The minimum absolute atomic E-state index is 0.0386. The predicted octanol–water partition coefficient (Wildman–Crippen LogP) is 2.02. The van der Waals surface area contributed by atoms with Crippen LogP contribution in [0.4, 0.5) is 0 Å². The zero-order valence-corrected chi connectivity index (χ0v) is 13.1. The summed E-state index contributed by atoms with van der Waals surface area (Å²) in [4.78, 5) is 32.3. The molecule has 1 rings (SSSR count). The predicted molar refractivity (Wildman–Crippen MR) is 86.6 cm³/mol. The Morgan fingerprint density at radius 1 is 1.43 bits per heavy atom. The Labute approximate surface area is 129 Å². The molecule has 1 heterocycles. The molecule has 0 saturated carbocycles. The van der Waals surface area contributed by atoms with Crippen molar-refractivity contribution in [2.45, 2.75) is 24.9 Å². The van der Waals surface area contributed by atoms with Crippen molar-refractivity contribution >= 4 is 17.7 Å². The van der Waals surface area contributed by atoms with Crippen molar-refractivity contribution in [2.75, 3.05) is 18.8 Å². The van der Waals surface area contributed by atoms with Crippen LogP contribution < -0.4 is 5.56 Å². The molecule has 1 aromatic heterocycles. The number of rotatable bonds is 9. The Bertz CT molecular complexity index is 544. The molecule has 1 aromatic rings. The van der Waals surface area contributed by atoms with Crippen molar-refractivity contribution in [1.82, 2.24) is 14.9 Å². The molecule has 5 nitrogen and oxygen atoms in total. The van der Waals surface area contributed by atoms with Crippen molar-refractivity contribution in [2.24, 2.45) is 0 Å². The van der Waals surface area contributed by atoms with Crippen molar-refractivity contribution < 1.29 is 4.79 Å². The zero-order valence-electron chi connectivity index (χ0n) is 12.3. The second-order valence-electron chi connectivity index (χ2n) is 4.46. The number of nitrogens with zero attached hydrogens (tertiary/aromatic N) is 2. The van der Waals surface area contributed by atoms with Gasteiger partial charge in [-0.2, -0.15) is 0 Å². The Morgan fingerprint density at radius 2 is 2.10 bits per heavy atom. The largest absolute Gasteiger partial charge is 0.335 e. The summed E-state index contributed by atoms with van der Waals surface area (Å²) >= 11 is 1.24. The van der Waals surface area contributed by atoms with E-state index in [1.54, 1.807) is 17.1 Å². The van der Waals surface area contributed by atoms with E-state index >= 15 is 0 Å². The summed E-state index contributed by atoms with van der Waals surface area (Å²) in [6.07, 6.45) is 5.03. The van der Waals surface area contributed by atoms with Gasteiger partial charge in [0.1, 0.15) is 0 Å². The van der Waals surface area contributed by atoms with E-state index in [1.165, 1.54) is 17.8 Å². The maximum absolute atomic E-state index is 12.1. The number of hydrogen-bond donors (Lipinski definition) is 1. The van der Waals surface area contributed by atoms with E-state index in [9.17, 15) is 9.59 Å². The molecular weight excluding hydrogens is 286 g/mol. The fourth-order valence-corrected chi connectivity index (χ4v) is 2.54. The first-order valence-corrected chi connectivity index (χ1v) is 7.81. The summed E-state index contributed by atoms with van der Waals surface area (Å²) < 4.78 is 0. The van der Waals surface area contributed by atoms with Gasteiger partial charge in [0.05, 0.1) is 5.75 Å². The van der Waals surface area contributed by atoms with Crippen LogP contribution in [0.15, 0.2) is 41.3 Å². The molecule has 1 amide bonds. The van der Waals surface area contributed by atoms with Crippen molar-refractivity contribution in [3.63, 3.8) is 0 Å². The van der Waals surface area contributed by atoms with Gasteiger partial charge in [0.25, 0.3) is 5.56 Å². The smallest absolute Gasteiger partial charge is 0.251 e. The van der Waals surface area contributed by atoms with Gasteiger partial charge in [0.2, 0.25) is 5.91 Å². The van der Waals surface area contributed by atoms with Crippen LogP contribution in [0.3, 0.4) is 0 Å². The van der Waals surface area contributed by atoms with Gasteiger partial charge < -0.3 is 9.88 Å². The standard InChI is InChI=1S/C15H21N3O2S/c1-4-7-12-10-13(19)17-15(16-12)21-11-14(20)18(8-5-2)9-6-3/h5-6,10H,2-4,7-9,11H2,1H3,(H,16,17,19). The van der Waals surface area contributed by atoms with E-state index in [0.717, 1.165) is 18.5 Å². The summed E-state index contributed by atoms with van der Waals surface area (Å²) in [6, 6.07) is 1.50. The molecule has 0 unspecified atom stereocenters. The van der Waals surface area contributed by atoms with Crippen LogP contribution in [0.5, 0.6) is 0 Å². The Morgan fingerprint density at radius 3 is 2.67 bits per heavy atom. The van der Waals surface area contributed by atoms with Gasteiger partial charge in [-0.25, -0.2) is 4.98 Å². The highest BCUT2D eigenvalue weighted by atomic mass is 32.2. The fraction of sp³-hybridized carbons (Fsp3) is 0.400. The van der Waals surface area contributed by atoms with E-state index < -0.39 is 0 Å². The molecule has 0 saturated heterocycles. The second-order valence-corrected chi connectivity index (χ2v) is 5.42. The first kappa shape index (κ1) is 17.2. The molecule has 6 heteroatoms. The lowest BCUT2D eigenvalue weighted by Crippen LogP contribution is -2.32. The highest BCUT2D eigenvalue weighted by Crippen LogP contribution is 2.13. The van der Waals surface area contributed by atoms with E-state index in [0.29, 0.717) is 18.2 Å². The number of aromatic amines is 1. The van der Waals surface area contributed by atoms with Crippen molar-refractivity contribution in [1.29, 1.82) is 0 Å². The third-order valence-electron chi connectivity index (χ3n) is 2.66. The van der Waals surface area contributed by atoms with Crippen molar-refractivity contribution in [3.05, 3.63) is 47.4 Å². The van der Waals surface area contributed by atoms with E-state index in [4.69, 9.17) is 0 Å². The molecule has 0 atom stereocenters. The number of thioether (sulfide) groups is 1. The number of aryl methyl sites for hydroxylation is 1. The van der Waals surface area contributed by atoms with Gasteiger partial charge in [0, 0.05) is 24.8 Å². The third-order valence-corrected chi connectivity index (χ3v) is 3.52. The number of carbonyl (C=O) groups is 1. The lowest BCUT2D eigenvalue weighted by Gasteiger charge is -2.18. The van der Waals surface area contributed by atoms with Gasteiger partial charge in [-0.15, -0.1) is 13.2 Å². The highest BCUT2D eigenvalue weighted by molar-refractivity contribution is 7.99. The molecule has 0 fully saturated rings. The summed E-state index contributed by atoms with van der Waals surface area (Å²) in [7, 11) is 0. The van der Waals surface area contributed by atoms with Gasteiger partial charge in [-0.1, -0.05) is 37.3 Å². The number of amides is 1. The summed E-state index contributed by atoms with van der Waals surface area (Å²) in [5.74, 6) is 0.184. The normalized spacial score (nSPS) is 10.1. The van der Waals surface area contributed by atoms with E-state index in [1.807, 2.05) is 6.92 Å². The number of aromatic nitrogens is 2. The van der Waals surface area contributed by atoms with Crippen molar-refractivity contribution in [3.8, 4) is 0 Å². The number of carbonyl (C=O) groups excluding carboxylic acids is 1. The van der Waals surface area contributed by atoms with Crippen LogP contribution in [0.25, 0.3) is 0 Å². The van der Waals surface area contributed by atoms with Crippen LogP contribution in [-0.4, -0.2) is 39.6 Å². The molecule has 0 spiro atoms. The maximum Gasteiger partial charge on any atom is 0.251 e. The summed E-state index contributed by atoms with van der Waals surface area (Å²) in [5.41, 5.74) is 0.572. The first-order valence-electron chi connectivity index (χ1n) is 6.83. The number of nitrogens with one attached hydrogen (secondary N) is 1. The quantitative estimate of drug-likeness (QED) is 0.430. The lowest BCUT2D eigenvalue weighted by molar-refractivity contribution is -0.127. The third kappa shape index (κ3) is 5.99. The van der Waals surface area contributed by atoms with Crippen LogP contribution >= 0.6 is 11.8 Å². The van der Waals surface area contributed by atoms with Gasteiger partial charge in [-0.05, 0) is 6.42 Å². The SMILES string of the molecule is C=CCN(CC=C)C(=O)CSc1nc(CCC)cc(=O)[nH]1. The molecule has 114 valence electrons. The van der Waals surface area contributed by atoms with Crippen LogP contribution in [0, 0.1) is 0 Å². The minimum Gasteiger partial charge on any atom is -0.335 e.